The number of fused-ring (bicyclic) bond motifs is 1. The first-order chi connectivity index (χ1) is 14.7. The number of carbonyl (C=O) groups excluding carboxylic acids is 1. The molecular formula is C20H20FN7O3. The van der Waals surface area contributed by atoms with Crippen LogP contribution in [0.2, 0.25) is 0 Å². The van der Waals surface area contributed by atoms with Gasteiger partial charge < -0.3 is 14.9 Å². The predicted molar refractivity (Wildman–Crippen MR) is 111 cm³/mol. The Morgan fingerprint density at radius 3 is 2.77 bits per heavy atom. The van der Waals surface area contributed by atoms with Gasteiger partial charge in [0.05, 0.1) is 18.5 Å². The van der Waals surface area contributed by atoms with Gasteiger partial charge in [-0.2, -0.15) is 4.98 Å². The number of benzene rings is 1. The Labute approximate surface area is 176 Å². The molecule has 4 rings (SSSR count). The van der Waals surface area contributed by atoms with E-state index >= 15 is 0 Å². The van der Waals surface area contributed by atoms with E-state index < -0.39 is 17.5 Å². The Hall–Kier alpha value is -4.02. The van der Waals surface area contributed by atoms with Crippen molar-refractivity contribution in [3.63, 3.8) is 0 Å². The maximum atomic E-state index is 14.5. The molecule has 0 saturated carbocycles. The van der Waals surface area contributed by atoms with Gasteiger partial charge in [0.15, 0.2) is 16.9 Å². The summed E-state index contributed by atoms with van der Waals surface area (Å²) in [6, 6.07) is 7.84. The highest BCUT2D eigenvalue weighted by atomic mass is 19.1. The fourth-order valence-corrected chi connectivity index (χ4v) is 2.91. The Morgan fingerprint density at radius 1 is 1.29 bits per heavy atom. The Balaban J connectivity index is 1.59. The van der Waals surface area contributed by atoms with Gasteiger partial charge in [0.2, 0.25) is 5.95 Å². The SMILES string of the molecule is CC(C)(C)OC(=O)Nc1ccc(Cn2nnc3c(-c4ccco4)nc(N)nc32)cc1F. The van der Waals surface area contributed by atoms with Gasteiger partial charge in [-0.3, -0.25) is 5.32 Å². The third-order valence-corrected chi connectivity index (χ3v) is 4.14. The molecule has 0 spiro atoms. The first-order valence-corrected chi connectivity index (χ1v) is 9.38. The minimum absolute atomic E-state index is 0.00752. The summed E-state index contributed by atoms with van der Waals surface area (Å²) < 4.78 is 26.5. The maximum absolute atomic E-state index is 14.5. The zero-order chi connectivity index (χ0) is 22.2. The fraction of sp³-hybridized carbons (Fsp3) is 0.250. The zero-order valence-corrected chi connectivity index (χ0v) is 17.1. The molecule has 31 heavy (non-hydrogen) atoms. The number of nitrogens with zero attached hydrogens (tertiary/aromatic N) is 5. The number of carbonyl (C=O) groups is 1. The highest BCUT2D eigenvalue weighted by Gasteiger charge is 2.19. The number of ether oxygens (including phenoxy) is 1. The molecule has 0 aliphatic carbocycles. The van der Waals surface area contributed by atoms with Crippen LogP contribution >= 0.6 is 0 Å². The lowest BCUT2D eigenvalue weighted by Crippen LogP contribution is -2.27. The van der Waals surface area contributed by atoms with Crippen LogP contribution in [0.1, 0.15) is 26.3 Å². The number of nitrogens with two attached hydrogens (primary N) is 1. The van der Waals surface area contributed by atoms with Crippen molar-refractivity contribution < 1.29 is 18.3 Å². The van der Waals surface area contributed by atoms with E-state index in [0.29, 0.717) is 28.2 Å². The molecule has 10 nitrogen and oxygen atoms in total. The van der Waals surface area contributed by atoms with E-state index in [9.17, 15) is 9.18 Å². The summed E-state index contributed by atoms with van der Waals surface area (Å²) in [5.74, 6) is -0.0986. The number of nitrogen functional groups attached to an aromatic ring is 1. The average molecular weight is 425 g/mol. The minimum atomic E-state index is -0.737. The maximum Gasteiger partial charge on any atom is 0.412 e. The van der Waals surface area contributed by atoms with Gasteiger partial charge in [0.1, 0.15) is 17.1 Å². The van der Waals surface area contributed by atoms with Gasteiger partial charge in [-0.1, -0.05) is 11.3 Å². The van der Waals surface area contributed by atoms with E-state index in [1.54, 1.807) is 39.0 Å². The van der Waals surface area contributed by atoms with E-state index in [0.717, 1.165) is 0 Å². The summed E-state index contributed by atoms with van der Waals surface area (Å²) in [4.78, 5) is 20.3. The highest BCUT2D eigenvalue weighted by molar-refractivity contribution is 5.86. The summed E-state index contributed by atoms with van der Waals surface area (Å²) in [7, 11) is 0. The van der Waals surface area contributed by atoms with Gasteiger partial charge in [-0.05, 0) is 50.6 Å². The van der Waals surface area contributed by atoms with Gasteiger partial charge in [-0.25, -0.2) is 18.9 Å². The van der Waals surface area contributed by atoms with Crippen molar-refractivity contribution in [1.82, 2.24) is 25.0 Å². The minimum Gasteiger partial charge on any atom is -0.463 e. The number of hydrogen-bond donors (Lipinski definition) is 2. The van der Waals surface area contributed by atoms with E-state index in [2.05, 4.69) is 25.6 Å². The normalized spacial score (nSPS) is 11.6. The van der Waals surface area contributed by atoms with Gasteiger partial charge >= 0.3 is 6.09 Å². The monoisotopic (exact) mass is 425 g/mol. The molecule has 0 aliphatic heterocycles. The second kappa shape index (κ2) is 7.67. The molecular weight excluding hydrogens is 405 g/mol. The van der Waals surface area contributed by atoms with Crippen molar-refractivity contribution in [2.24, 2.45) is 0 Å². The molecule has 3 N–H and O–H groups in total. The molecule has 0 aliphatic rings. The number of amides is 1. The number of nitrogens with one attached hydrogen (secondary N) is 1. The lowest BCUT2D eigenvalue weighted by Gasteiger charge is -2.19. The highest BCUT2D eigenvalue weighted by Crippen LogP contribution is 2.26. The smallest absolute Gasteiger partial charge is 0.412 e. The predicted octanol–water partition coefficient (Wildman–Crippen LogP) is 3.60. The zero-order valence-electron chi connectivity index (χ0n) is 17.1. The Morgan fingerprint density at radius 2 is 2.10 bits per heavy atom. The van der Waals surface area contributed by atoms with Gasteiger partial charge in [-0.15, -0.1) is 5.10 Å². The van der Waals surface area contributed by atoms with E-state index in [1.807, 2.05) is 0 Å². The van der Waals surface area contributed by atoms with Crippen molar-refractivity contribution >= 4 is 28.9 Å². The first kappa shape index (κ1) is 20.3. The van der Waals surface area contributed by atoms with Crippen LogP contribution < -0.4 is 11.1 Å². The van der Waals surface area contributed by atoms with E-state index in [1.165, 1.54) is 23.1 Å². The van der Waals surface area contributed by atoms with Crippen molar-refractivity contribution in [2.75, 3.05) is 11.1 Å². The second-order valence-corrected chi connectivity index (χ2v) is 7.77. The van der Waals surface area contributed by atoms with Crippen LogP contribution in [0, 0.1) is 5.82 Å². The Kier molecular flexibility index (Phi) is 5.01. The lowest BCUT2D eigenvalue weighted by atomic mass is 10.2. The quantitative estimate of drug-likeness (QED) is 0.506. The molecule has 3 aromatic heterocycles. The van der Waals surface area contributed by atoms with Crippen LogP contribution in [0.5, 0.6) is 0 Å². The first-order valence-electron chi connectivity index (χ1n) is 9.38. The van der Waals surface area contributed by atoms with Gasteiger partial charge in [0, 0.05) is 0 Å². The van der Waals surface area contributed by atoms with Crippen LogP contribution in [-0.2, 0) is 11.3 Å². The molecule has 11 heteroatoms. The largest absolute Gasteiger partial charge is 0.463 e. The second-order valence-electron chi connectivity index (χ2n) is 7.77. The Bertz CT molecular complexity index is 1250. The van der Waals surface area contributed by atoms with Crippen LogP contribution in [0.3, 0.4) is 0 Å². The van der Waals surface area contributed by atoms with Crippen LogP contribution in [-0.4, -0.2) is 36.7 Å². The summed E-state index contributed by atoms with van der Waals surface area (Å²) in [6.45, 7) is 5.35. The van der Waals surface area contributed by atoms with Crippen LogP contribution in [0.4, 0.5) is 20.8 Å². The number of furan rings is 1. The number of rotatable bonds is 4. The van der Waals surface area contributed by atoms with Crippen molar-refractivity contribution in [1.29, 1.82) is 0 Å². The molecule has 0 unspecified atom stereocenters. The number of halogens is 1. The van der Waals surface area contributed by atoms with Crippen molar-refractivity contribution in [3.8, 4) is 11.5 Å². The third kappa shape index (κ3) is 4.44. The number of hydrogen-bond acceptors (Lipinski definition) is 8. The summed E-state index contributed by atoms with van der Waals surface area (Å²) in [6.07, 6.45) is 0.776. The van der Waals surface area contributed by atoms with Crippen LogP contribution in [0.25, 0.3) is 22.6 Å². The summed E-state index contributed by atoms with van der Waals surface area (Å²) in [5, 5.41) is 10.6. The van der Waals surface area contributed by atoms with E-state index in [-0.39, 0.29) is 18.2 Å². The molecule has 0 fully saturated rings. The number of anilines is 2. The summed E-state index contributed by atoms with van der Waals surface area (Å²) >= 11 is 0. The fourth-order valence-electron chi connectivity index (χ4n) is 2.91. The van der Waals surface area contributed by atoms with Crippen molar-refractivity contribution in [2.45, 2.75) is 32.9 Å². The van der Waals surface area contributed by atoms with E-state index in [4.69, 9.17) is 14.9 Å². The number of aromatic nitrogens is 5. The van der Waals surface area contributed by atoms with Crippen molar-refractivity contribution in [3.05, 3.63) is 48.0 Å². The van der Waals surface area contributed by atoms with Gasteiger partial charge in [0.25, 0.3) is 0 Å². The molecule has 0 atom stereocenters. The third-order valence-electron chi connectivity index (χ3n) is 4.14. The lowest BCUT2D eigenvalue weighted by molar-refractivity contribution is 0.0635. The molecule has 4 aromatic rings. The molecule has 1 amide bonds. The standard InChI is InChI=1S/C20H20FN7O3/c1-20(2,3)31-19(29)23-13-7-6-11(9-12(13)21)10-28-17-16(26-27-28)15(24-18(22)25-17)14-5-4-8-30-14/h4-9H,10H2,1-3H3,(H,23,29)(H2,22,24,25). The molecule has 3 heterocycles. The summed E-state index contributed by atoms with van der Waals surface area (Å²) in [5.41, 5.74) is 6.95. The molecule has 1 aromatic carbocycles. The molecule has 0 saturated heterocycles. The molecule has 0 bridgehead atoms. The molecule has 160 valence electrons. The average Bonchev–Trinajstić information content (AvgIpc) is 3.33. The molecule has 0 radical (unpaired) electrons. The topological polar surface area (TPSA) is 134 Å². The van der Waals surface area contributed by atoms with Crippen LogP contribution in [0.15, 0.2) is 41.0 Å².